The molecule has 0 nitrogen and oxygen atoms in total. The minimum atomic E-state index is -2.28. The summed E-state index contributed by atoms with van der Waals surface area (Å²) in [7, 11) is 0. The van der Waals surface area contributed by atoms with Gasteiger partial charge < -0.3 is 0 Å². The molecule has 0 saturated carbocycles. The Morgan fingerprint density at radius 2 is 1.20 bits per heavy atom. The van der Waals surface area contributed by atoms with Crippen molar-refractivity contribution < 1.29 is 0 Å². The number of rotatable bonds is 7. The van der Waals surface area contributed by atoms with Crippen LogP contribution in [-0.2, 0) is 0 Å². The minimum Gasteiger partial charge on any atom is -0.120 e. The first-order valence-corrected chi connectivity index (χ1v) is 9.41. The number of hydrogen-bond acceptors (Lipinski definition) is 0. The van der Waals surface area contributed by atoms with E-state index in [1.54, 1.807) is 0 Å². The number of alkyl halides is 10. The summed E-state index contributed by atoms with van der Waals surface area (Å²) < 4.78 is -8.67. The van der Waals surface area contributed by atoms with Crippen LogP contribution in [-0.4, -0.2) is 22.2 Å². The number of hydrogen-bond donors (Lipinski definition) is 0. The summed E-state index contributed by atoms with van der Waals surface area (Å²) >= 11 is 59.7. The lowest BCUT2D eigenvalue weighted by Crippen LogP contribution is -2.59. The third-order valence-corrected chi connectivity index (χ3v) is 8.99. The molecule has 0 fully saturated rings. The topological polar surface area (TPSA) is 0 Å². The lowest BCUT2D eigenvalue weighted by molar-refractivity contribution is 0.521. The van der Waals surface area contributed by atoms with Gasteiger partial charge in [0.1, 0.15) is 0 Å². The number of unbranched alkanes of at least 4 members (excludes halogenated alkanes) is 2. The zero-order valence-corrected chi connectivity index (χ0v) is 17.7. The Bertz CT molecular complexity index is 306. The summed E-state index contributed by atoms with van der Waals surface area (Å²) in [6.07, 6.45) is 3.17. The van der Waals surface area contributed by atoms with Crippen LogP contribution >= 0.6 is 116 Å². The summed E-state index contributed by atoms with van der Waals surface area (Å²) in [4.78, 5) is 0. The summed E-state index contributed by atoms with van der Waals surface area (Å²) in [5, 5.41) is -0.836. The van der Waals surface area contributed by atoms with E-state index < -0.39 is 22.2 Å². The van der Waals surface area contributed by atoms with E-state index >= 15 is 0 Å². The van der Waals surface area contributed by atoms with Crippen LogP contribution in [0.25, 0.3) is 0 Å². The molecule has 0 bridgehead atoms. The zero-order valence-electron chi connectivity index (χ0n) is 10.2. The predicted molar refractivity (Wildman–Crippen MR) is 97.4 cm³/mol. The maximum atomic E-state index is 6.17. The second kappa shape index (κ2) is 8.32. The van der Waals surface area contributed by atoms with Crippen molar-refractivity contribution in [1.82, 2.24) is 0 Å². The second-order valence-electron chi connectivity index (χ2n) is 4.23. The monoisotopic (exact) mass is 482 g/mol. The lowest BCUT2D eigenvalue weighted by atomic mass is 10.1. The molecule has 0 aromatic rings. The van der Waals surface area contributed by atoms with Crippen molar-refractivity contribution in [1.29, 1.82) is 0 Å². The molecule has 0 amide bonds. The van der Waals surface area contributed by atoms with Crippen LogP contribution in [0.2, 0.25) is 0 Å². The van der Waals surface area contributed by atoms with E-state index in [4.69, 9.17) is 116 Å². The van der Waals surface area contributed by atoms with Gasteiger partial charge in [-0.25, -0.2) is 0 Å². The van der Waals surface area contributed by atoms with Crippen molar-refractivity contribution in [2.24, 2.45) is 0 Å². The fraction of sp³-hybridized carbons (Fsp3) is 1.00. The van der Waals surface area contributed by atoms with Crippen LogP contribution in [0.5, 0.6) is 0 Å². The summed E-state index contributed by atoms with van der Waals surface area (Å²) in [6.45, 7) is 2.04. The Morgan fingerprint density at radius 1 is 0.750 bits per heavy atom. The smallest absolute Gasteiger partial charge is 0.120 e. The molecule has 0 aliphatic heterocycles. The highest BCUT2D eigenvalue weighted by molar-refractivity contribution is 6.80. The Morgan fingerprint density at radius 3 is 1.55 bits per heavy atom. The van der Waals surface area contributed by atoms with Gasteiger partial charge >= 0.3 is 0 Å². The molecule has 0 aromatic carbocycles. The molecule has 20 heavy (non-hydrogen) atoms. The van der Waals surface area contributed by atoms with Gasteiger partial charge in [0.2, 0.25) is 3.79 Å². The Balaban J connectivity index is 5.25. The van der Waals surface area contributed by atoms with E-state index in [-0.39, 0.29) is 0 Å². The average molecular weight is 487 g/mol. The average Bonchev–Trinajstić information content (AvgIpc) is 2.27. The highest BCUT2D eigenvalue weighted by atomic mass is 35.6. The first-order chi connectivity index (χ1) is 8.73. The highest BCUT2D eigenvalue weighted by Crippen LogP contribution is 2.63. The van der Waals surface area contributed by atoms with Crippen molar-refractivity contribution in [3.8, 4) is 0 Å². The first kappa shape index (κ1) is 22.9. The molecule has 0 rings (SSSR count). The normalized spacial score (nSPS) is 16.4. The van der Waals surface area contributed by atoms with Crippen molar-refractivity contribution in [3.05, 3.63) is 0 Å². The van der Waals surface area contributed by atoms with Gasteiger partial charge in [-0.1, -0.05) is 131 Å². The highest BCUT2D eigenvalue weighted by Gasteiger charge is 2.69. The fourth-order valence-electron chi connectivity index (χ4n) is 1.34. The zero-order chi connectivity index (χ0) is 16.4. The number of halogens is 10. The predicted octanol–water partition coefficient (Wildman–Crippen LogP) is 8.07. The Labute approximate surface area is 169 Å². The molecule has 0 N–H and O–H groups in total. The van der Waals surface area contributed by atoms with E-state index in [1.807, 2.05) is 6.92 Å². The maximum absolute atomic E-state index is 6.17. The van der Waals surface area contributed by atoms with Crippen molar-refractivity contribution in [2.75, 3.05) is 0 Å². The van der Waals surface area contributed by atoms with Gasteiger partial charge in [-0.3, -0.25) is 0 Å². The molecule has 0 heterocycles. The fourth-order valence-corrected chi connectivity index (χ4v) is 4.02. The molecular weight excluding hydrogens is 475 g/mol. The SMILES string of the molecule is CCCCCC(Cl)C(Cl)(Cl)C(Cl)(Cl)C(Cl)(Cl)C(Cl)(Cl)Cl. The first-order valence-electron chi connectivity index (χ1n) is 5.57. The van der Waals surface area contributed by atoms with Gasteiger partial charge in [0.15, 0.2) is 13.0 Å². The quantitative estimate of drug-likeness (QED) is 0.252. The lowest BCUT2D eigenvalue weighted by Gasteiger charge is -2.45. The van der Waals surface area contributed by atoms with Crippen LogP contribution in [0.3, 0.4) is 0 Å². The molecule has 1 unspecified atom stereocenters. The molecule has 0 aromatic heterocycles. The maximum Gasteiger partial charge on any atom is 0.226 e. The third kappa shape index (κ3) is 4.95. The van der Waals surface area contributed by atoms with Crippen LogP contribution < -0.4 is 0 Å². The Hall–Kier alpha value is 2.90. The largest absolute Gasteiger partial charge is 0.226 e. The van der Waals surface area contributed by atoms with Gasteiger partial charge in [0.05, 0.1) is 5.38 Å². The van der Waals surface area contributed by atoms with E-state index in [0.717, 1.165) is 19.3 Å². The summed E-state index contributed by atoms with van der Waals surface area (Å²) in [5.41, 5.74) is 0. The molecule has 10 heteroatoms. The van der Waals surface area contributed by atoms with Gasteiger partial charge in [-0.05, 0) is 6.42 Å². The summed E-state index contributed by atoms with van der Waals surface area (Å²) in [5.74, 6) is 0. The molecule has 1 atom stereocenters. The summed E-state index contributed by atoms with van der Waals surface area (Å²) in [6, 6.07) is 0. The third-order valence-electron chi connectivity index (χ3n) is 2.62. The van der Waals surface area contributed by atoms with Crippen LogP contribution in [0, 0.1) is 0 Å². The van der Waals surface area contributed by atoms with Crippen LogP contribution in [0.4, 0.5) is 0 Å². The van der Waals surface area contributed by atoms with Crippen molar-refractivity contribution in [2.45, 2.75) is 54.8 Å². The van der Waals surface area contributed by atoms with E-state index in [0.29, 0.717) is 6.42 Å². The minimum absolute atomic E-state index is 0.452. The Kier molecular flexibility index (Phi) is 9.53. The molecule has 0 aliphatic carbocycles. The van der Waals surface area contributed by atoms with Gasteiger partial charge in [0.25, 0.3) is 0 Å². The molecule has 0 saturated heterocycles. The molecule has 0 radical (unpaired) electrons. The van der Waals surface area contributed by atoms with Gasteiger partial charge in [-0.15, -0.1) is 11.6 Å². The van der Waals surface area contributed by atoms with Crippen molar-refractivity contribution in [3.63, 3.8) is 0 Å². The molecule has 0 aliphatic rings. The standard InChI is InChI=1S/C10H12Cl10/c1-2-3-4-5-6(11)7(12,13)8(14,15)9(16,17)10(18,19)20/h6H,2-5H2,1H3. The second-order valence-corrected chi connectivity index (χ2v) is 11.1. The molecular formula is C10H12Cl10. The molecule has 0 spiro atoms. The van der Waals surface area contributed by atoms with Crippen LogP contribution in [0.1, 0.15) is 32.6 Å². The van der Waals surface area contributed by atoms with Gasteiger partial charge in [-0.2, -0.15) is 0 Å². The van der Waals surface area contributed by atoms with E-state index in [9.17, 15) is 0 Å². The van der Waals surface area contributed by atoms with Gasteiger partial charge in [0, 0.05) is 0 Å². The van der Waals surface area contributed by atoms with E-state index in [1.165, 1.54) is 0 Å². The molecule has 122 valence electrons. The van der Waals surface area contributed by atoms with Crippen molar-refractivity contribution >= 4 is 116 Å². The van der Waals surface area contributed by atoms with E-state index in [2.05, 4.69) is 0 Å². The van der Waals surface area contributed by atoms with Crippen LogP contribution in [0.15, 0.2) is 0 Å².